The Kier molecular flexibility index (Phi) is 6.13. The van der Waals surface area contributed by atoms with Gasteiger partial charge in [-0.2, -0.15) is 0 Å². The normalized spacial score (nSPS) is 14.7. The molecule has 6 heteroatoms. The summed E-state index contributed by atoms with van der Waals surface area (Å²) in [5.74, 6) is -0.921. The summed E-state index contributed by atoms with van der Waals surface area (Å²) in [7, 11) is 0. The zero-order valence-electron chi connectivity index (χ0n) is 21.2. The van der Waals surface area contributed by atoms with Gasteiger partial charge >= 0.3 is 6.03 Å². The van der Waals surface area contributed by atoms with Crippen LogP contribution < -0.4 is 15.0 Å². The topological polar surface area (TPSA) is 75.7 Å². The molecular weight excluding hydrogens is 488 g/mol. The van der Waals surface area contributed by atoms with E-state index in [0.29, 0.717) is 23.6 Å². The van der Waals surface area contributed by atoms with Gasteiger partial charge in [-0.3, -0.25) is 14.9 Å². The molecule has 1 heterocycles. The van der Waals surface area contributed by atoms with Crippen LogP contribution in [0, 0.1) is 6.92 Å². The number of fused-ring (bicyclic) bond motifs is 2. The number of carbonyl (C=O) groups excluding carboxylic acids is 3. The fourth-order valence-corrected chi connectivity index (χ4v) is 4.85. The molecule has 0 saturated carbocycles. The molecule has 0 unspecified atom stereocenters. The van der Waals surface area contributed by atoms with Crippen LogP contribution in [0.3, 0.4) is 0 Å². The van der Waals surface area contributed by atoms with Gasteiger partial charge in [0.2, 0.25) is 0 Å². The van der Waals surface area contributed by atoms with Gasteiger partial charge in [-0.05, 0) is 58.3 Å². The Labute approximate surface area is 225 Å². The second kappa shape index (κ2) is 9.91. The molecule has 1 fully saturated rings. The van der Waals surface area contributed by atoms with Gasteiger partial charge in [-0.15, -0.1) is 0 Å². The number of imide groups is 2. The molecule has 6 rings (SSSR count). The zero-order chi connectivity index (χ0) is 26.9. The van der Waals surface area contributed by atoms with Crippen LogP contribution in [0.1, 0.15) is 16.7 Å². The third-order valence-electron chi connectivity index (χ3n) is 6.88. The molecule has 0 atom stereocenters. The summed E-state index contributed by atoms with van der Waals surface area (Å²) in [6.45, 7) is 2.21. The van der Waals surface area contributed by atoms with E-state index in [9.17, 15) is 14.4 Å². The Hall–Kier alpha value is -5.23. The highest BCUT2D eigenvalue weighted by Gasteiger charge is 2.37. The van der Waals surface area contributed by atoms with Crippen LogP contribution in [-0.2, 0) is 16.2 Å². The maximum Gasteiger partial charge on any atom is 0.335 e. The highest BCUT2D eigenvalue weighted by atomic mass is 16.5. The van der Waals surface area contributed by atoms with Crippen molar-refractivity contribution in [1.29, 1.82) is 0 Å². The largest absolute Gasteiger partial charge is 0.488 e. The van der Waals surface area contributed by atoms with Crippen LogP contribution in [0.15, 0.2) is 109 Å². The first kappa shape index (κ1) is 24.1. The van der Waals surface area contributed by atoms with E-state index in [-0.39, 0.29) is 5.57 Å². The predicted octanol–water partition coefficient (Wildman–Crippen LogP) is 6.55. The average Bonchev–Trinajstić information content (AvgIpc) is 2.95. The van der Waals surface area contributed by atoms with Crippen molar-refractivity contribution in [3.8, 4) is 5.75 Å². The molecule has 1 aliphatic heterocycles. The predicted molar refractivity (Wildman–Crippen MR) is 152 cm³/mol. The number of benzene rings is 5. The summed E-state index contributed by atoms with van der Waals surface area (Å²) < 4.78 is 6.33. The second-order valence-electron chi connectivity index (χ2n) is 9.42. The lowest BCUT2D eigenvalue weighted by molar-refractivity contribution is -0.122. The molecule has 0 bridgehead atoms. The monoisotopic (exact) mass is 512 g/mol. The van der Waals surface area contributed by atoms with E-state index in [1.165, 1.54) is 6.08 Å². The van der Waals surface area contributed by atoms with Crippen molar-refractivity contribution < 1.29 is 19.1 Å². The minimum atomic E-state index is -0.781. The Balaban J connectivity index is 1.42. The quantitative estimate of drug-likeness (QED) is 0.214. The van der Waals surface area contributed by atoms with Gasteiger partial charge in [0.25, 0.3) is 11.8 Å². The number of rotatable bonds is 5. The van der Waals surface area contributed by atoms with E-state index in [2.05, 4.69) is 23.5 Å². The van der Waals surface area contributed by atoms with E-state index < -0.39 is 17.8 Å². The number of carbonyl (C=O) groups is 3. The summed E-state index contributed by atoms with van der Waals surface area (Å²) >= 11 is 0. The number of aryl methyl sites for hydroxylation is 1. The summed E-state index contributed by atoms with van der Waals surface area (Å²) in [5, 5.41) is 6.26. The Bertz CT molecular complexity index is 1800. The number of hydrogen-bond donors (Lipinski definition) is 1. The van der Waals surface area contributed by atoms with Crippen LogP contribution in [-0.4, -0.2) is 17.8 Å². The molecule has 0 aromatic heterocycles. The third kappa shape index (κ3) is 4.53. The van der Waals surface area contributed by atoms with Crippen molar-refractivity contribution in [1.82, 2.24) is 5.32 Å². The van der Waals surface area contributed by atoms with E-state index in [4.69, 9.17) is 4.74 Å². The van der Waals surface area contributed by atoms with Crippen molar-refractivity contribution in [2.45, 2.75) is 13.5 Å². The lowest BCUT2D eigenvalue weighted by Gasteiger charge is -2.26. The maximum atomic E-state index is 13.5. The van der Waals surface area contributed by atoms with Crippen molar-refractivity contribution in [3.63, 3.8) is 0 Å². The van der Waals surface area contributed by atoms with Gasteiger partial charge in [-0.1, -0.05) is 90.5 Å². The van der Waals surface area contributed by atoms with Gasteiger partial charge in [0.05, 0.1) is 5.69 Å². The minimum Gasteiger partial charge on any atom is -0.488 e. The molecule has 0 radical (unpaired) electrons. The molecule has 0 spiro atoms. The summed E-state index contributed by atoms with van der Waals surface area (Å²) in [6, 6.07) is 31.8. The lowest BCUT2D eigenvalue weighted by Crippen LogP contribution is -2.54. The van der Waals surface area contributed by atoms with Crippen LogP contribution in [0.5, 0.6) is 5.75 Å². The molecule has 5 aromatic carbocycles. The van der Waals surface area contributed by atoms with Crippen LogP contribution >= 0.6 is 0 Å². The summed E-state index contributed by atoms with van der Waals surface area (Å²) in [4.78, 5) is 40.1. The molecule has 1 saturated heterocycles. The standard InChI is InChI=1S/C33H24N2O4/c1-21-13-16-25(17-14-21)35-32(37)29(31(36)34-33(35)38)19-28-27-12-5-3-8-23(27)15-18-30(28)39-20-24-10-6-9-22-7-2-4-11-26(22)24/h2-19H,20H2,1H3,(H,34,36,38)/b29-19+. The number of nitrogens with zero attached hydrogens (tertiary/aromatic N) is 1. The van der Waals surface area contributed by atoms with Crippen molar-refractivity contribution in [2.24, 2.45) is 0 Å². The second-order valence-corrected chi connectivity index (χ2v) is 9.42. The third-order valence-corrected chi connectivity index (χ3v) is 6.88. The van der Waals surface area contributed by atoms with Gasteiger partial charge in [0.15, 0.2) is 0 Å². The summed E-state index contributed by atoms with van der Waals surface area (Å²) in [5.41, 5.74) is 2.82. The molecule has 6 nitrogen and oxygen atoms in total. The maximum absolute atomic E-state index is 13.5. The number of hydrogen-bond acceptors (Lipinski definition) is 4. The van der Waals surface area contributed by atoms with Gasteiger partial charge < -0.3 is 4.74 Å². The lowest BCUT2D eigenvalue weighted by atomic mass is 9.99. The van der Waals surface area contributed by atoms with Crippen molar-refractivity contribution >= 4 is 51.2 Å². The van der Waals surface area contributed by atoms with Gasteiger partial charge in [-0.25, -0.2) is 9.69 Å². The first-order valence-corrected chi connectivity index (χ1v) is 12.6. The number of anilines is 1. The Morgan fingerprint density at radius 3 is 2.18 bits per heavy atom. The summed E-state index contributed by atoms with van der Waals surface area (Å²) in [6.07, 6.45) is 1.52. The van der Waals surface area contributed by atoms with Crippen molar-refractivity contribution in [2.75, 3.05) is 4.90 Å². The van der Waals surface area contributed by atoms with Crippen molar-refractivity contribution in [3.05, 3.63) is 125 Å². The van der Waals surface area contributed by atoms with E-state index >= 15 is 0 Å². The highest BCUT2D eigenvalue weighted by Crippen LogP contribution is 2.33. The molecule has 1 aliphatic rings. The fourth-order valence-electron chi connectivity index (χ4n) is 4.85. The van der Waals surface area contributed by atoms with Crippen LogP contribution in [0.4, 0.5) is 10.5 Å². The number of ether oxygens (including phenoxy) is 1. The molecule has 0 aliphatic carbocycles. The Morgan fingerprint density at radius 1 is 0.744 bits per heavy atom. The smallest absolute Gasteiger partial charge is 0.335 e. The fraction of sp³-hybridized carbons (Fsp3) is 0.0606. The van der Waals surface area contributed by atoms with Gasteiger partial charge in [0.1, 0.15) is 17.9 Å². The van der Waals surface area contributed by atoms with Crippen LogP contribution in [0.2, 0.25) is 0 Å². The van der Waals surface area contributed by atoms with Gasteiger partial charge in [0, 0.05) is 5.56 Å². The number of barbiturate groups is 1. The van der Waals surface area contributed by atoms with E-state index in [1.54, 1.807) is 24.3 Å². The zero-order valence-corrected chi connectivity index (χ0v) is 21.2. The minimum absolute atomic E-state index is 0.151. The van der Waals surface area contributed by atoms with E-state index in [1.807, 2.05) is 67.6 Å². The average molecular weight is 513 g/mol. The highest BCUT2D eigenvalue weighted by molar-refractivity contribution is 6.39. The number of nitrogens with one attached hydrogen (secondary N) is 1. The van der Waals surface area contributed by atoms with Crippen LogP contribution in [0.25, 0.3) is 27.6 Å². The molecule has 4 amide bonds. The molecule has 39 heavy (non-hydrogen) atoms. The molecule has 1 N–H and O–H groups in total. The SMILES string of the molecule is Cc1ccc(N2C(=O)NC(=O)/C(=C\c3c(OCc4cccc5ccccc45)ccc4ccccc34)C2=O)cc1. The molecular formula is C33H24N2O4. The number of amides is 4. The molecule has 190 valence electrons. The Morgan fingerprint density at radius 2 is 1.41 bits per heavy atom. The first-order chi connectivity index (χ1) is 19.0. The molecule has 5 aromatic rings. The first-order valence-electron chi connectivity index (χ1n) is 12.6. The number of urea groups is 1. The van der Waals surface area contributed by atoms with E-state index in [0.717, 1.165) is 37.6 Å².